The summed E-state index contributed by atoms with van der Waals surface area (Å²) >= 11 is 6.25. The Hall–Kier alpha value is -2.38. The summed E-state index contributed by atoms with van der Waals surface area (Å²) in [6, 6.07) is 10.2. The third-order valence-corrected chi connectivity index (χ3v) is 6.08. The lowest BCUT2D eigenvalue weighted by atomic mass is 10.1. The zero-order chi connectivity index (χ0) is 20.9. The molecule has 0 spiro atoms. The van der Waals surface area contributed by atoms with Crippen molar-refractivity contribution in [3.8, 4) is 0 Å². The Labute approximate surface area is 182 Å². The van der Waals surface area contributed by atoms with Gasteiger partial charge in [-0.15, -0.1) is 5.10 Å². The molecule has 7 nitrogen and oxygen atoms in total. The molecule has 0 bridgehead atoms. The lowest BCUT2D eigenvalue weighted by Crippen LogP contribution is -2.48. The number of piperazine rings is 1. The van der Waals surface area contributed by atoms with Crippen molar-refractivity contribution in [2.75, 3.05) is 31.1 Å². The zero-order valence-electron chi connectivity index (χ0n) is 17.7. The van der Waals surface area contributed by atoms with Gasteiger partial charge in [-0.05, 0) is 53.6 Å². The first-order valence-corrected chi connectivity index (χ1v) is 11.1. The molecule has 8 heteroatoms. The van der Waals surface area contributed by atoms with Crippen molar-refractivity contribution >= 4 is 17.3 Å². The molecule has 4 rings (SSSR count). The number of benzene rings is 1. The van der Waals surface area contributed by atoms with Gasteiger partial charge in [0.1, 0.15) is 12.3 Å². The molecule has 0 saturated carbocycles. The van der Waals surface area contributed by atoms with Crippen LogP contribution < -0.4 is 4.90 Å². The fraction of sp³-hybridized carbons (Fsp3) is 0.500. The number of unbranched alkanes of at least 4 members (excludes halogenated alkanes) is 1. The molecule has 1 unspecified atom stereocenters. The predicted octanol–water partition coefficient (Wildman–Crippen LogP) is 4.33. The van der Waals surface area contributed by atoms with Crippen molar-refractivity contribution in [2.45, 2.75) is 45.7 Å². The van der Waals surface area contributed by atoms with Crippen molar-refractivity contribution in [3.63, 3.8) is 0 Å². The normalized spacial score (nSPS) is 16.2. The van der Waals surface area contributed by atoms with Crippen LogP contribution in [0, 0.1) is 6.92 Å². The van der Waals surface area contributed by atoms with Gasteiger partial charge >= 0.3 is 0 Å². The van der Waals surface area contributed by atoms with Crippen LogP contribution in [-0.2, 0) is 6.54 Å². The summed E-state index contributed by atoms with van der Waals surface area (Å²) in [6.45, 7) is 8.78. The molecule has 1 saturated heterocycles. The molecule has 1 aliphatic rings. The van der Waals surface area contributed by atoms with Crippen LogP contribution in [0.4, 0.5) is 5.69 Å². The van der Waals surface area contributed by atoms with Crippen LogP contribution in [0.3, 0.4) is 0 Å². The molecule has 160 valence electrons. The maximum atomic E-state index is 6.25. The highest BCUT2D eigenvalue weighted by atomic mass is 35.5. The first kappa shape index (κ1) is 20.9. The highest BCUT2D eigenvalue weighted by Gasteiger charge is 2.29. The molecule has 2 aromatic heterocycles. The average Bonchev–Trinajstić information content (AvgIpc) is 3.44. The fourth-order valence-electron chi connectivity index (χ4n) is 4.18. The molecule has 0 aliphatic carbocycles. The quantitative estimate of drug-likeness (QED) is 0.532. The molecule has 3 heterocycles. The first-order chi connectivity index (χ1) is 14.7. The third kappa shape index (κ3) is 4.68. The maximum absolute atomic E-state index is 6.25. The van der Waals surface area contributed by atoms with Gasteiger partial charge in [0.15, 0.2) is 5.82 Å². The van der Waals surface area contributed by atoms with Gasteiger partial charge in [0, 0.05) is 36.9 Å². The third-order valence-electron chi connectivity index (χ3n) is 5.84. The van der Waals surface area contributed by atoms with E-state index in [1.165, 1.54) is 11.3 Å². The second kappa shape index (κ2) is 9.62. The van der Waals surface area contributed by atoms with Gasteiger partial charge in [-0.2, -0.15) is 0 Å². The number of nitrogens with zero attached hydrogens (tertiary/aromatic N) is 6. The second-order valence-electron chi connectivity index (χ2n) is 7.89. The number of hydrogen-bond acceptors (Lipinski definition) is 6. The average molecular weight is 429 g/mol. The van der Waals surface area contributed by atoms with Crippen LogP contribution in [0.15, 0.2) is 41.0 Å². The second-order valence-corrected chi connectivity index (χ2v) is 8.32. The topological polar surface area (TPSA) is 63.2 Å². The van der Waals surface area contributed by atoms with E-state index >= 15 is 0 Å². The van der Waals surface area contributed by atoms with E-state index in [2.05, 4.69) is 51.3 Å². The van der Waals surface area contributed by atoms with Crippen molar-refractivity contribution < 1.29 is 4.42 Å². The molecule has 3 aromatic rings. The van der Waals surface area contributed by atoms with Crippen molar-refractivity contribution in [2.24, 2.45) is 0 Å². The predicted molar refractivity (Wildman–Crippen MR) is 118 cm³/mol. The molecule has 1 aliphatic heterocycles. The smallest absolute Gasteiger partial charge is 0.168 e. The first-order valence-electron chi connectivity index (χ1n) is 10.7. The lowest BCUT2D eigenvalue weighted by Gasteiger charge is -2.40. The SMILES string of the molecule is CCCCC(c1nnnn1Cc1ccco1)N1CCN(c2cc(Cl)ccc2C)CC1. The Morgan fingerprint density at radius 3 is 2.73 bits per heavy atom. The van der Waals surface area contributed by atoms with E-state index in [0.29, 0.717) is 6.54 Å². The van der Waals surface area contributed by atoms with Crippen LogP contribution in [0.25, 0.3) is 0 Å². The van der Waals surface area contributed by atoms with E-state index in [-0.39, 0.29) is 6.04 Å². The minimum Gasteiger partial charge on any atom is -0.467 e. The summed E-state index contributed by atoms with van der Waals surface area (Å²) in [6.07, 6.45) is 5.03. The molecule has 30 heavy (non-hydrogen) atoms. The molecular formula is C22H29ClN6O. The number of aryl methyl sites for hydroxylation is 1. The van der Waals surface area contributed by atoms with Gasteiger partial charge in [0.25, 0.3) is 0 Å². The monoisotopic (exact) mass is 428 g/mol. The molecule has 1 aromatic carbocycles. The fourth-order valence-corrected chi connectivity index (χ4v) is 4.35. The van der Waals surface area contributed by atoms with Gasteiger partial charge < -0.3 is 9.32 Å². The summed E-state index contributed by atoms with van der Waals surface area (Å²) in [5, 5.41) is 13.4. The van der Waals surface area contributed by atoms with Crippen molar-refractivity contribution in [3.05, 3.63) is 58.8 Å². The minimum absolute atomic E-state index is 0.206. The molecule has 0 amide bonds. The van der Waals surface area contributed by atoms with Gasteiger partial charge in [-0.1, -0.05) is 37.4 Å². The van der Waals surface area contributed by atoms with Crippen molar-refractivity contribution in [1.82, 2.24) is 25.1 Å². The van der Waals surface area contributed by atoms with Gasteiger partial charge in [-0.25, -0.2) is 4.68 Å². The van der Waals surface area contributed by atoms with Crippen LogP contribution in [0.1, 0.15) is 49.4 Å². The summed E-state index contributed by atoms with van der Waals surface area (Å²) in [5.74, 6) is 1.78. The number of tetrazole rings is 1. The summed E-state index contributed by atoms with van der Waals surface area (Å²) in [5.41, 5.74) is 2.49. The minimum atomic E-state index is 0.206. The highest BCUT2D eigenvalue weighted by Crippen LogP contribution is 2.29. The Kier molecular flexibility index (Phi) is 6.69. The number of furan rings is 1. The summed E-state index contributed by atoms with van der Waals surface area (Å²) < 4.78 is 7.39. The number of rotatable bonds is 8. The van der Waals surface area contributed by atoms with E-state index in [1.807, 2.05) is 22.9 Å². The van der Waals surface area contributed by atoms with E-state index in [1.54, 1.807) is 6.26 Å². The lowest BCUT2D eigenvalue weighted by molar-refractivity contribution is 0.162. The zero-order valence-corrected chi connectivity index (χ0v) is 18.4. The number of aromatic nitrogens is 4. The Morgan fingerprint density at radius 2 is 2.00 bits per heavy atom. The van der Waals surface area contributed by atoms with Gasteiger partial charge in [0.2, 0.25) is 0 Å². The number of halogens is 1. The van der Waals surface area contributed by atoms with Gasteiger partial charge in [-0.3, -0.25) is 4.90 Å². The molecule has 0 N–H and O–H groups in total. The van der Waals surface area contributed by atoms with Crippen LogP contribution in [0.2, 0.25) is 5.02 Å². The van der Waals surface area contributed by atoms with E-state index in [0.717, 1.165) is 62.0 Å². The summed E-state index contributed by atoms with van der Waals surface area (Å²) in [4.78, 5) is 4.96. The molecule has 0 radical (unpaired) electrons. The molecular weight excluding hydrogens is 400 g/mol. The largest absolute Gasteiger partial charge is 0.467 e. The van der Waals surface area contributed by atoms with Crippen LogP contribution in [-0.4, -0.2) is 51.3 Å². The van der Waals surface area contributed by atoms with E-state index in [4.69, 9.17) is 16.0 Å². The van der Waals surface area contributed by atoms with Crippen LogP contribution >= 0.6 is 11.6 Å². The van der Waals surface area contributed by atoms with Crippen LogP contribution in [0.5, 0.6) is 0 Å². The van der Waals surface area contributed by atoms with Gasteiger partial charge in [0.05, 0.1) is 12.3 Å². The van der Waals surface area contributed by atoms with E-state index in [9.17, 15) is 0 Å². The van der Waals surface area contributed by atoms with Crippen molar-refractivity contribution in [1.29, 1.82) is 0 Å². The summed E-state index contributed by atoms with van der Waals surface area (Å²) in [7, 11) is 0. The van der Waals surface area contributed by atoms with E-state index < -0.39 is 0 Å². The number of anilines is 1. The Balaban J connectivity index is 1.49. The Morgan fingerprint density at radius 1 is 1.17 bits per heavy atom. The molecule has 1 fully saturated rings. The maximum Gasteiger partial charge on any atom is 0.168 e. The standard InChI is InChI=1S/C22H29ClN6O/c1-3-4-7-20(22-24-25-26-29(22)16-19-6-5-14-30-19)27-10-12-28(13-11-27)21-15-18(23)9-8-17(21)2/h5-6,8-9,14-15,20H,3-4,7,10-13,16H2,1-2H3. The number of hydrogen-bond donors (Lipinski definition) is 0. The highest BCUT2D eigenvalue weighted by molar-refractivity contribution is 6.30. The molecule has 1 atom stereocenters. The Bertz CT molecular complexity index is 933.